The summed E-state index contributed by atoms with van der Waals surface area (Å²) in [6, 6.07) is 0. The third-order valence-electron chi connectivity index (χ3n) is 4.54. The Bertz CT molecular complexity index is 1170. The average molecular weight is 498 g/mol. The molecule has 1 fully saturated rings. The van der Waals surface area contributed by atoms with Gasteiger partial charge in [-0.05, 0) is 6.08 Å². The van der Waals surface area contributed by atoms with Gasteiger partial charge in [-0.25, -0.2) is 13.7 Å². The second-order valence-electron chi connectivity index (χ2n) is 6.79. The number of phosphoric ester groups is 1. The summed E-state index contributed by atoms with van der Waals surface area (Å²) in [5, 5.41) is 10.9. The molecule has 0 bridgehead atoms. The fourth-order valence-corrected chi connectivity index (χ4v) is 4.93. The second-order valence-corrected chi connectivity index (χ2v) is 9.62. The van der Waals surface area contributed by atoms with Crippen LogP contribution in [0.2, 0.25) is 0 Å². The monoisotopic (exact) mass is 498 g/mol. The van der Waals surface area contributed by atoms with Gasteiger partial charge in [0.2, 0.25) is 18.5 Å². The van der Waals surface area contributed by atoms with Crippen LogP contribution in [0.1, 0.15) is 6.23 Å². The van der Waals surface area contributed by atoms with Crippen LogP contribution in [0, 0.1) is 5.92 Å². The molecule has 178 valence electrons. The Balaban J connectivity index is 1.92. The number of phosphoric acid groups is 2. The van der Waals surface area contributed by atoms with Crippen LogP contribution in [0.5, 0.6) is 0 Å². The highest BCUT2D eigenvalue weighted by Gasteiger charge is 2.48. The Kier molecular flexibility index (Phi) is 6.91. The van der Waals surface area contributed by atoms with Gasteiger partial charge < -0.3 is 35.0 Å². The number of hydrogen-bond donors (Lipinski definition) is 6. The highest BCUT2D eigenvalue weighted by Crippen LogP contribution is 2.57. The molecule has 0 amide bonds. The van der Waals surface area contributed by atoms with Gasteiger partial charge in [-0.15, -0.1) is 0 Å². The molecule has 0 radical (unpaired) electrons. The predicted octanol–water partition coefficient (Wildman–Crippen LogP) is -1.61. The number of aliphatic hydroxyl groups excluding tert-OH is 1. The molecule has 0 spiro atoms. The molecule has 1 aliphatic rings. The molecule has 32 heavy (non-hydrogen) atoms. The molecule has 18 heteroatoms. The van der Waals surface area contributed by atoms with E-state index in [9.17, 15) is 23.9 Å². The van der Waals surface area contributed by atoms with Gasteiger partial charge in [0.1, 0.15) is 6.10 Å². The van der Waals surface area contributed by atoms with E-state index in [0.717, 1.165) is 0 Å². The average Bonchev–Trinajstić information content (AvgIpc) is 3.13. The predicted molar refractivity (Wildman–Crippen MR) is 104 cm³/mol. The Morgan fingerprint density at radius 1 is 1.41 bits per heavy atom. The first-order chi connectivity index (χ1) is 14.8. The van der Waals surface area contributed by atoms with Crippen molar-refractivity contribution in [2.45, 2.75) is 18.4 Å². The lowest BCUT2D eigenvalue weighted by atomic mass is 9.98. The van der Waals surface area contributed by atoms with Crippen LogP contribution in [0.4, 0.5) is 5.95 Å². The minimum atomic E-state index is -5.31. The normalized spacial score (nSPS) is 26.1. The number of nitrogen functional groups attached to an aromatic ring is 1. The maximum atomic E-state index is 12.2. The summed E-state index contributed by atoms with van der Waals surface area (Å²) < 4.78 is 44.4. The lowest BCUT2D eigenvalue weighted by Crippen LogP contribution is -2.32. The number of nitrogens with one attached hydrogen (secondary N) is 1. The number of nitrogens with two attached hydrogens (primary N) is 1. The highest BCUT2D eigenvalue weighted by molar-refractivity contribution is 7.60. The molecule has 3 rings (SSSR count). The van der Waals surface area contributed by atoms with Crippen LogP contribution < -0.4 is 15.9 Å². The van der Waals surface area contributed by atoms with Gasteiger partial charge in [-0.2, -0.15) is 13.9 Å². The summed E-state index contributed by atoms with van der Waals surface area (Å²) in [5.41, 5.74) is 5.36. The van der Waals surface area contributed by atoms with Crippen molar-refractivity contribution in [2.24, 2.45) is 13.0 Å². The van der Waals surface area contributed by atoms with Crippen molar-refractivity contribution in [3.8, 4) is 0 Å². The number of aliphatic hydroxyl groups is 1. The van der Waals surface area contributed by atoms with Gasteiger partial charge in [-0.3, -0.25) is 14.3 Å². The number of hydrogen-bond acceptors (Lipinski definition) is 10. The molecule has 2 aromatic rings. The van der Waals surface area contributed by atoms with Crippen LogP contribution in [-0.4, -0.2) is 60.2 Å². The summed E-state index contributed by atoms with van der Waals surface area (Å²) in [6.07, 6.45) is 0.567. The number of anilines is 1. The smallest absolute Gasteiger partial charge is 0.481 e. The zero-order chi connectivity index (χ0) is 23.8. The maximum absolute atomic E-state index is 12.2. The molecule has 0 aliphatic carbocycles. The lowest BCUT2D eigenvalue weighted by molar-refractivity contribution is -0.646. The molecule has 1 saturated heterocycles. The number of H-pyrrole nitrogens is 1. The Morgan fingerprint density at radius 3 is 2.72 bits per heavy atom. The van der Waals surface area contributed by atoms with E-state index in [0.29, 0.717) is 0 Å². The first kappa shape index (κ1) is 24.5. The van der Waals surface area contributed by atoms with Crippen molar-refractivity contribution in [2.75, 3.05) is 19.5 Å². The van der Waals surface area contributed by atoms with E-state index in [1.807, 2.05) is 0 Å². The number of aromatic nitrogens is 4. The molecule has 3 heterocycles. The summed E-state index contributed by atoms with van der Waals surface area (Å²) in [5.74, 6) is -1.03. The topological polar surface area (TPSA) is 233 Å². The van der Waals surface area contributed by atoms with Crippen LogP contribution >= 0.6 is 15.6 Å². The number of aromatic amines is 1. The fourth-order valence-electron chi connectivity index (χ4n) is 3.33. The number of rotatable bonds is 8. The third kappa shape index (κ3) is 5.26. The van der Waals surface area contributed by atoms with E-state index >= 15 is 0 Å². The van der Waals surface area contributed by atoms with Gasteiger partial charge in [0.15, 0.2) is 0 Å². The molecule has 0 saturated carbocycles. The van der Waals surface area contributed by atoms with Crippen molar-refractivity contribution in [1.82, 2.24) is 14.5 Å². The molecule has 2 aromatic heterocycles. The third-order valence-corrected chi connectivity index (χ3v) is 6.69. The fraction of sp³-hybridized carbons (Fsp3) is 0.500. The summed E-state index contributed by atoms with van der Waals surface area (Å²) >= 11 is 0. The number of aryl methyl sites for hydroxylation is 1. The van der Waals surface area contributed by atoms with Crippen molar-refractivity contribution in [3.05, 3.63) is 29.0 Å². The maximum Gasteiger partial charge on any atom is 0.481 e. The van der Waals surface area contributed by atoms with Crippen LogP contribution in [0.3, 0.4) is 0 Å². The summed E-state index contributed by atoms with van der Waals surface area (Å²) in [4.78, 5) is 45.6. The Labute approximate surface area is 179 Å². The summed E-state index contributed by atoms with van der Waals surface area (Å²) in [7, 11) is -7.53. The number of methoxy groups -OCH3 is 1. The van der Waals surface area contributed by atoms with E-state index < -0.39 is 52.2 Å². The van der Waals surface area contributed by atoms with Crippen LogP contribution in [0.25, 0.3) is 11.2 Å². The molecular formula is C14H22N5O11P2+. The summed E-state index contributed by atoms with van der Waals surface area (Å²) in [6.45, 7) is -0.693. The molecular weight excluding hydrogens is 476 g/mol. The molecule has 16 nitrogen and oxygen atoms in total. The van der Waals surface area contributed by atoms with Gasteiger partial charge in [-0.1, -0.05) is 0 Å². The number of ether oxygens (including phenoxy) is 2. The SMILES string of the molecule is CO/C=C/[C@H]1[C@@H](O)[C@H](n2c[n+](C)c3c(=O)[nH]c(N)nc32)O[C@@H]1COP(=O)(O)OP(=O)(O)O. The standard InChI is InChI=1S/C14H21N5O11P2/c1-18-6-19(11-9(18)12(21)17-14(15)16-11)13-10(20)7(3-4-27-2)8(29-13)5-28-32(25,26)30-31(22,23)24/h3-4,6-8,10,13,20H,5H2,1-2H3,(H5-,15,16,17,21,22,23,24,25,26)/p+1/b4-3+/t7-,8-,10-,13-/m1/s1. The Hall–Kier alpha value is -2.13. The zero-order valence-electron chi connectivity index (χ0n) is 16.7. The minimum Gasteiger partial charge on any atom is -0.505 e. The largest absolute Gasteiger partial charge is 0.505 e. The zero-order valence-corrected chi connectivity index (χ0v) is 18.5. The molecule has 1 aliphatic heterocycles. The van der Waals surface area contributed by atoms with E-state index in [1.54, 1.807) is 7.05 Å². The van der Waals surface area contributed by atoms with Crippen LogP contribution in [0.15, 0.2) is 23.5 Å². The van der Waals surface area contributed by atoms with E-state index in [1.165, 1.54) is 34.9 Å². The van der Waals surface area contributed by atoms with E-state index in [2.05, 4.69) is 18.8 Å². The van der Waals surface area contributed by atoms with Gasteiger partial charge >= 0.3 is 21.2 Å². The van der Waals surface area contributed by atoms with Gasteiger partial charge in [0.05, 0.1) is 33.1 Å². The quantitative estimate of drug-likeness (QED) is 0.137. The van der Waals surface area contributed by atoms with Crippen molar-refractivity contribution in [3.63, 3.8) is 0 Å². The Morgan fingerprint density at radius 2 is 2.09 bits per heavy atom. The molecule has 1 unspecified atom stereocenters. The second kappa shape index (κ2) is 9.02. The first-order valence-corrected chi connectivity index (χ1v) is 11.9. The number of fused-ring (bicyclic) bond motifs is 1. The number of imidazole rings is 1. The van der Waals surface area contributed by atoms with Crippen molar-refractivity contribution >= 4 is 32.8 Å². The van der Waals surface area contributed by atoms with Gasteiger partial charge in [0.25, 0.3) is 11.2 Å². The van der Waals surface area contributed by atoms with Crippen molar-refractivity contribution < 1.29 is 51.8 Å². The molecule has 0 aromatic carbocycles. The van der Waals surface area contributed by atoms with Crippen LogP contribution in [-0.2, 0) is 34.5 Å². The minimum absolute atomic E-state index is 0.103. The lowest BCUT2D eigenvalue weighted by Gasteiger charge is -2.18. The van der Waals surface area contributed by atoms with E-state index in [4.69, 9.17) is 25.0 Å². The first-order valence-electron chi connectivity index (χ1n) is 8.86. The molecule has 7 N–H and O–H groups in total. The van der Waals surface area contributed by atoms with Gasteiger partial charge in [0, 0.05) is 5.92 Å². The van der Waals surface area contributed by atoms with E-state index in [-0.39, 0.29) is 17.1 Å². The van der Waals surface area contributed by atoms with Crippen molar-refractivity contribution in [1.29, 1.82) is 0 Å². The highest BCUT2D eigenvalue weighted by atomic mass is 31.3. The molecule has 5 atom stereocenters. The number of nitrogens with zero attached hydrogens (tertiary/aromatic N) is 3.